The number of aryl methyl sites for hydroxylation is 1. The molecule has 0 atom stereocenters. The average Bonchev–Trinajstić information content (AvgIpc) is 2.86. The average molecular weight is 486 g/mol. The van der Waals surface area contributed by atoms with Gasteiger partial charge in [-0.25, -0.2) is 10.2 Å². The first kappa shape index (κ1) is 23.7. The topological polar surface area (TPSA) is 96.9 Å². The molecule has 0 radical (unpaired) electrons. The second kappa shape index (κ2) is 10.6. The van der Waals surface area contributed by atoms with E-state index in [0.717, 1.165) is 16.3 Å². The number of benzene rings is 4. The van der Waals surface area contributed by atoms with Crippen molar-refractivity contribution in [3.63, 3.8) is 0 Å². The van der Waals surface area contributed by atoms with E-state index in [0.29, 0.717) is 21.8 Å². The predicted molar refractivity (Wildman–Crippen MR) is 136 cm³/mol. The van der Waals surface area contributed by atoms with Crippen LogP contribution < -0.4 is 15.5 Å². The maximum absolute atomic E-state index is 12.7. The van der Waals surface area contributed by atoms with Crippen molar-refractivity contribution in [2.24, 2.45) is 5.10 Å². The molecule has 0 aromatic heterocycles. The van der Waals surface area contributed by atoms with Gasteiger partial charge in [-0.2, -0.15) is 5.10 Å². The lowest BCUT2D eigenvalue weighted by atomic mass is 10.0. The van der Waals surface area contributed by atoms with Crippen LogP contribution in [-0.4, -0.2) is 24.0 Å². The molecular formula is C27H20ClN3O4. The molecule has 0 aliphatic heterocycles. The number of fused-ring (bicyclic) bond motifs is 1. The molecule has 0 saturated heterocycles. The Labute approximate surface area is 206 Å². The minimum Gasteiger partial charge on any atom is -0.422 e. The van der Waals surface area contributed by atoms with E-state index in [2.05, 4.69) is 15.8 Å². The third-order valence-electron chi connectivity index (χ3n) is 5.17. The summed E-state index contributed by atoms with van der Waals surface area (Å²) in [6, 6.07) is 24.3. The minimum atomic E-state index is -0.940. The van der Waals surface area contributed by atoms with Crippen molar-refractivity contribution in [1.29, 1.82) is 0 Å². The molecule has 0 fully saturated rings. The van der Waals surface area contributed by atoms with Gasteiger partial charge >= 0.3 is 17.8 Å². The molecule has 35 heavy (non-hydrogen) atoms. The van der Waals surface area contributed by atoms with Gasteiger partial charge in [-0.05, 0) is 59.7 Å². The van der Waals surface area contributed by atoms with Gasteiger partial charge in [-0.15, -0.1) is 0 Å². The number of para-hydroxylation sites is 1. The number of esters is 1. The zero-order chi connectivity index (χ0) is 24.8. The van der Waals surface area contributed by atoms with Crippen molar-refractivity contribution >= 4 is 52.1 Å². The number of halogens is 1. The number of nitrogens with one attached hydrogen (secondary N) is 2. The maximum atomic E-state index is 12.7. The van der Waals surface area contributed by atoms with Crippen molar-refractivity contribution < 1.29 is 19.1 Å². The lowest BCUT2D eigenvalue weighted by Gasteiger charge is -2.11. The Kier molecular flexibility index (Phi) is 7.18. The summed E-state index contributed by atoms with van der Waals surface area (Å²) in [4.78, 5) is 37.1. The SMILES string of the molecule is Cc1ccccc1NC(=O)C(=O)N/N=C/c1c(OC(=O)c2ccc(Cl)cc2)ccc2ccccc12. The minimum absolute atomic E-state index is 0.242. The number of carbonyl (C=O) groups is 3. The summed E-state index contributed by atoms with van der Waals surface area (Å²) in [7, 11) is 0. The van der Waals surface area contributed by atoms with Crippen molar-refractivity contribution in [1.82, 2.24) is 5.43 Å². The van der Waals surface area contributed by atoms with E-state index in [-0.39, 0.29) is 5.75 Å². The molecule has 0 bridgehead atoms. The number of rotatable bonds is 5. The molecule has 0 aliphatic rings. The molecule has 4 rings (SSSR count). The number of hydrogen-bond acceptors (Lipinski definition) is 5. The van der Waals surface area contributed by atoms with Crippen LogP contribution in [0.4, 0.5) is 5.69 Å². The van der Waals surface area contributed by atoms with Gasteiger partial charge in [0.25, 0.3) is 0 Å². The molecule has 174 valence electrons. The van der Waals surface area contributed by atoms with E-state index >= 15 is 0 Å². The van der Waals surface area contributed by atoms with Crippen LogP contribution in [0.1, 0.15) is 21.5 Å². The fourth-order valence-corrected chi connectivity index (χ4v) is 3.47. The van der Waals surface area contributed by atoms with Crippen LogP contribution >= 0.6 is 11.6 Å². The summed E-state index contributed by atoms with van der Waals surface area (Å²) in [5.41, 5.74) is 4.35. The predicted octanol–water partition coefficient (Wildman–Crippen LogP) is 5.11. The quantitative estimate of drug-likeness (QED) is 0.135. The van der Waals surface area contributed by atoms with Crippen molar-refractivity contribution in [2.75, 3.05) is 5.32 Å². The summed E-state index contributed by atoms with van der Waals surface area (Å²) < 4.78 is 5.61. The monoisotopic (exact) mass is 485 g/mol. The highest BCUT2D eigenvalue weighted by molar-refractivity contribution is 6.39. The van der Waals surface area contributed by atoms with Crippen LogP contribution in [0.25, 0.3) is 10.8 Å². The molecule has 4 aromatic carbocycles. The highest BCUT2D eigenvalue weighted by atomic mass is 35.5. The fourth-order valence-electron chi connectivity index (χ4n) is 3.34. The molecule has 0 heterocycles. The van der Waals surface area contributed by atoms with E-state index in [9.17, 15) is 14.4 Å². The Morgan fingerprint density at radius 2 is 1.57 bits per heavy atom. The molecule has 0 spiro atoms. The largest absolute Gasteiger partial charge is 0.422 e. The van der Waals surface area contributed by atoms with Gasteiger partial charge in [-0.3, -0.25) is 9.59 Å². The number of ether oxygens (including phenoxy) is 1. The Bertz CT molecular complexity index is 1450. The molecule has 2 N–H and O–H groups in total. The first-order valence-electron chi connectivity index (χ1n) is 10.6. The van der Waals surface area contributed by atoms with E-state index < -0.39 is 17.8 Å². The molecule has 4 aromatic rings. The molecule has 8 heteroatoms. The Morgan fingerprint density at radius 3 is 2.34 bits per heavy atom. The van der Waals surface area contributed by atoms with Gasteiger partial charge in [0.1, 0.15) is 5.75 Å². The van der Waals surface area contributed by atoms with E-state index in [4.69, 9.17) is 16.3 Å². The molecule has 7 nitrogen and oxygen atoms in total. The van der Waals surface area contributed by atoms with Crippen LogP contribution in [0.2, 0.25) is 5.02 Å². The highest BCUT2D eigenvalue weighted by Gasteiger charge is 2.16. The number of hydrogen-bond donors (Lipinski definition) is 2. The normalized spacial score (nSPS) is 10.8. The highest BCUT2D eigenvalue weighted by Crippen LogP contribution is 2.27. The Morgan fingerprint density at radius 1 is 0.857 bits per heavy atom. The van der Waals surface area contributed by atoms with Crippen LogP contribution in [0.5, 0.6) is 5.75 Å². The molecule has 0 saturated carbocycles. The standard InChI is InChI=1S/C27H20ClN3O4/c1-17-6-2-5-9-23(17)30-25(32)26(33)31-29-16-22-21-8-4-3-7-18(21)12-15-24(22)35-27(34)19-10-13-20(28)14-11-19/h2-16H,1H3,(H,30,32)(H,31,33)/b29-16+. The smallest absolute Gasteiger partial charge is 0.343 e. The van der Waals surface area contributed by atoms with Crippen LogP contribution in [0, 0.1) is 6.92 Å². The van der Waals surface area contributed by atoms with Gasteiger partial charge < -0.3 is 10.1 Å². The molecular weight excluding hydrogens is 466 g/mol. The summed E-state index contributed by atoms with van der Waals surface area (Å²) >= 11 is 5.89. The van der Waals surface area contributed by atoms with Gasteiger partial charge in [0.2, 0.25) is 0 Å². The van der Waals surface area contributed by atoms with Gasteiger partial charge in [0, 0.05) is 16.3 Å². The Hall–Kier alpha value is -4.49. The lowest BCUT2D eigenvalue weighted by molar-refractivity contribution is -0.136. The van der Waals surface area contributed by atoms with Crippen LogP contribution in [-0.2, 0) is 9.59 Å². The number of carbonyl (C=O) groups excluding carboxylic acids is 3. The summed E-state index contributed by atoms with van der Waals surface area (Å²) in [6.07, 6.45) is 1.34. The first-order valence-corrected chi connectivity index (χ1v) is 11.0. The number of nitrogens with zero attached hydrogens (tertiary/aromatic N) is 1. The Balaban J connectivity index is 1.54. The third kappa shape index (κ3) is 5.72. The van der Waals surface area contributed by atoms with Crippen molar-refractivity contribution in [3.05, 3.63) is 107 Å². The summed E-state index contributed by atoms with van der Waals surface area (Å²) in [6.45, 7) is 1.82. The van der Waals surface area contributed by atoms with E-state index in [1.807, 2.05) is 49.4 Å². The number of anilines is 1. The number of hydrazone groups is 1. The van der Waals surface area contributed by atoms with Gasteiger partial charge in [0.15, 0.2) is 0 Å². The van der Waals surface area contributed by atoms with E-state index in [1.54, 1.807) is 42.5 Å². The van der Waals surface area contributed by atoms with Crippen molar-refractivity contribution in [3.8, 4) is 5.75 Å². The molecule has 0 unspecified atom stereocenters. The van der Waals surface area contributed by atoms with Gasteiger partial charge in [-0.1, -0.05) is 60.1 Å². The fraction of sp³-hybridized carbons (Fsp3) is 0.0370. The van der Waals surface area contributed by atoms with E-state index in [1.165, 1.54) is 6.21 Å². The molecule has 0 aliphatic carbocycles. The van der Waals surface area contributed by atoms with Crippen LogP contribution in [0.3, 0.4) is 0 Å². The molecule has 2 amide bonds. The van der Waals surface area contributed by atoms with Crippen molar-refractivity contribution in [2.45, 2.75) is 6.92 Å². The zero-order valence-electron chi connectivity index (χ0n) is 18.6. The lowest BCUT2D eigenvalue weighted by Crippen LogP contribution is -2.32. The maximum Gasteiger partial charge on any atom is 0.343 e. The zero-order valence-corrected chi connectivity index (χ0v) is 19.4. The summed E-state index contributed by atoms with van der Waals surface area (Å²) in [5, 5.41) is 8.61. The van der Waals surface area contributed by atoms with Gasteiger partial charge in [0.05, 0.1) is 11.8 Å². The van der Waals surface area contributed by atoms with Crippen LogP contribution in [0.15, 0.2) is 90.0 Å². The third-order valence-corrected chi connectivity index (χ3v) is 5.42. The second-order valence-corrected chi connectivity index (χ2v) is 8.00. The number of amides is 2. The first-order chi connectivity index (χ1) is 16.9. The second-order valence-electron chi connectivity index (χ2n) is 7.56. The summed E-state index contributed by atoms with van der Waals surface area (Å²) in [5.74, 6) is -2.13.